The molecule has 1 aromatic carbocycles. The van der Waals surface area contributed by atoms with Crippen molar-refractivity contribution in [1.82, 2.24) is 15.4 Å². The molecule has 2 N–H and O–H groups in total. The molecule has 0 atom stereocenters. The van der Waals surface area contributed by atoms with Crippen LogP contribution in [-0.2, 0) is 0 Å². The van der Waals surface area contributed by atoms with Crippen LogP contribution in [0.2, 0.25) is 0 Å². The van der Waals surface area contributed by atoms with Crippen LogP contribution >= 0.6 is 31.9 Å². The molecule has 0 radical (unpaired) electrons. The molecule has 8 heteroatoms. The van der Waals surface area contributed by atoms with E-state index >= 15 is 0 Å². The first-order chi connectivity index (χ1) is 9.58. The number of rotatable bonds is 3. The van der Waals surface area contributed by atoms with Crippen LogP contribution in [0.4, 0.5) is 0 Å². The van der Waals surface area contributed by atoms with Crippen molar-refractivity contribution < 1.29 is 9.90 Å². The predicted octanol–water partition coefficient (Wildman–Crippen LogP) is 2.47. The highest BCUT2D eigenvalue weighted by Crippen LogP contribution is 2.29. The Kier molecular flexibility index (Phi) is 4.80. The van der Waals surface area contributed by atoms with Gasteiger partial charge < -0.3 is 5.11 Å². The Morgan fingerprint density at radius 2 is 2.10 bits per heavy atom. The van der Waals surface area contributed by atoms with Crippen LogP contribution in [-0.4, -0.2) is 27.2 Å². The standard InChI is InChI=1S/C12H8Br2N4O2/c13-8-4-9(14)11(19)3-7(8)5-17-18-12(20)10-6-15-1-2-16-10/h1-6,19H,(H,18,20)/b17-5+. The number of hydrogen-bond acceptors (Lipinski definition) is 5. The first-order valence-electron chi connectivity index (χ1n) is 5.35. The second-order valence-corrected chi connectivity index (χ2v) is 5.32. The van der Waals surface area contributed by atoms with E-state index in [-0.39, 0.29) is 11.4 Å². The highest BCUT2D eigenvalue weighted by molar-refractivity contribution is 9.11. The highest BCUT2D eigenvalue weighted by Gasteiger charge is 2.06. The fourth-order valence-electron chi connectivity index (χ4n) is 1.29. The monoisotopic (exact) mass is 398 g/mol. The Hall–Kier alpha value is -1.80. The average Bonchev–Trinajstić information content (AvgIpc) is 2.45. The van der Waals surface area contributed by atoms with Crippen molar-refractivity contribution >= 4 is 44.0 Å². The molecule has 0 fully saturated rings. The van der Waals surface area contributed by atoms with Crippen LogP contribution in [0.3, 0.4) is 0 Å². The molecule has 1 heterocycles. The van der Waals surface area contributed by atoms with Gasteiger partial charge >= 0.3 is 0 Å². The minimum atomic E-state index is -0.466. The normalized spacial score (nSPS) is 10.7. The van der Waals surface area contributed by atoms with Gasteiger partial charge in [0.15, 0.2) is 0 Å². The minimum Gasteiger partial charge on any atom is -0.507 e. The minimum absolute atomic E-state index is 0.0786. The Bertz CT molecular complexity index is 662. The molecule has 0 aliphatic heterocycles. The van der Waals surface area contributed by atoms with Crippen LogP contribution in [0.1, 0.15) is 16.1 Å². The lowest BCUT2D eigenvalue weighted by Crippen LogP contribution is -2.19. The first-order valence-corrected chi connectivity index (χ1v) is 6.94. The summed E-state index contributed by atoms with van der Waals surface area (Å²) in [5.41, 5.74) is 3.11. The van der Waals surface area contributed by atoms with E-state index in [4.69, 9.17) is 0 Å². The van der Waals surface area contributed by atoms with Crippen molar-refractivity contribution in [2.75, 3.05) is 0 Å². The number of amides is 1. The predicted molar refractivity (Wildman–Crippen MR) is 80.6 cm³/mol. The maximum Gasteiger partial charge on any atom is 0.291 e. The number of hydrazone groups is 1. The van der Waals surface area contributed by atoms with E-state index in [9.17, 15) is 9.90 Å². The summed E-state index contributed by atoms with van der Waals surface area (Å²) in [6.45, 7) is 0. The maximum atomic E-state index is 11.6. The lowest BCUT2D eigenvalue weighted by Gasteiger charge is -2.02. The number of aromatic hydroxyl groups is 1. The average molecular weight is 400 g/mol. The molecule has 0 bridgehead atoms. The van der Waals surface area contributed by atoms with E-state index in [2.05, 4.69) is 52.4 Å². The molecule has 2 aromatic rings. The van der Waals surface area contributed by atoms with Gasteiger partial charge in [-0.2, -0.15) is 5.10 Å². The Balaban J connectivity index is 2.08. The lowest BCUT2D eigenvalue weighted by molar-refractivity contribution is 0.0949. The SMILES string of the molecule is O=C(N/N=C/c1cc(O)c(Br)cc1Br)c1cnccn1. The molecule has 1 aromatic heterocycles. The van der Waals surface area contributed by atoms with E-state index in [1.54, 1.807) is 6.07 Å². The number of aromatic nitrogens is 2. The number of nitrogens with one attached hydrogen (secondary N) is 1. The number of halogens is 2. The van der Waals surface area contributed by atoms with E-state index in [0.717, 1.165) is 4.47 Å². The zero-order chi connectivity index (χ0) is 14.5. The lowest BCUT2D eigenvalue weighted by atomic mass is 10.2. The summed E-state index contributed by atoms with van der Waals surface area (Å²) in [7, 11) is 0. The third-order valence-corrected chi connectivity index (χ3v) is 3.55. The van der Waals surface area contributed by atoms with Crippen molar-refractivity contribution in [3.05, 3.63) is 50.9 Å². The van der Waals surface area contributed by atoms with Gasteiger partial charge in [-0.1, -0.05) is 15.9 Å². The number of phenols is 1. The molecule has 0 aliphatic rings. The van der Waals surface area contributed by atoms with E-state index in [1.165, 1.54) is 30.9 Å². The molecule has 0 unspecified atom stereocenters. The van der Waals surface area contributed by atoms with Crippen molar-refractivity contribution in [2.24, 2.45) is 5.10 Å². The molecule has 0 saturated heterocycles. The second kappa shape index (κ2) is 6.58. The zero-order valence-electron chi connectivity index (χ0n) is 9.92. The zero-order valence-corrected chi connectivity index (χ0v) is 13.1. The number of benzene rings is 1. The van der Waals surface area contributed by atoms with E-state index < -0.39 is 5.91 Å². The molecular weight excluding hydrogens is 392 g/mol. The van der Waals surface area contributed by atoms with Gasteiger partial charge in [-0.25, -0.2) is 10.4 Å². The van der Waals surface area contributed by atoms with Crippen molar-refractivity contribution in [2.45, 2.75) is 0 Å². The Morgan fingerprint density at radius 1 is 1.30 bits per heavy atom. The van der Waals surface area contributed by atoms with Crippen molar-refractivity contribution in [1.29, 1.82) is 0 Å². The summed E-state index contributed by atoms with van der Waals surface area (Å²) in [4.78, 5) is 19.3. The summed E-state index contributed by atoms with van der Waals surface area (Å²) >= 11 is 6.52. The van der Waals surface area contributed by atoms with Gasteiger partial charge in [-0.15, -0.1) is 0 Å². The molecule has 6 nitrogen and oxygen atoms in total. The molecule has 0 saturated carbocycles. The van der Waals surface area contributed by atoms with Crippen LogP contribution in [0.15, 0.2) is 44.8 Å². The quantitative estimate of drug-likeness (QED) is 0.613. The van der Waals surface area contributed by atoms with Gasteiger partial charge in [-0.05, 0) is 28.1 Å². The Labute approximate surface area is 131 Å². The number of phenolic OH excluding ortho intramolecular Hbond substituents is 1. The van der Waals surface area contributed by atoms with E-state index in [0.29, 0.717) is 10.0 Å². The maximum absolute atomic E-state index is 11.6. The van der Waals surface area contributed by atoms with Gasteiger partial charge in [-0.3, -0.25) is 9.78 Å². The van der Waals surface area contributed by atoms with Gasteiger partial charge in [0, 0.05) is 22.4 Å². The molecule has 0 spiro atoms. The molecular formula is C12H8Br2N4O2. The summed E-state index contributed by atoms with van der Waals surface area (Å²) < 4.78 is 1.28. The smallest absolute Gasteiger partial charge is 0.291 e. The van der Waals surface area contributed by atoms with Crippen molar-refractivity contribution in [3.8, 4) is 5.75 Å². The number of hydrogen-bond donors (Lipinski definition) is 2. The van der Waals surface area contributed by atoms with Gasteiger partial charge in [0.1, 0.15) is 11.4 Å². The van der Waals surface area contributed by atoms with Crippen LogP contribution < -0.4 is 5.43 Å². The van der Waals surface area contributed by atoms with Gasteiger partial charge in [0.2, 0.25) is 0 Å². The summed E-state index contributed by atoms with van der Waals surface area (Å²) in [5, 5.41) is 13.4. The van der Waals surface area contributed by atoms with E-state index in [1.807, 2.05) is 0 Å². The summed E-state index contributed by atoms with van der Waals surface area (Å²) in [5.74, 6) is -0.387. The van der Waals surface area contributed by atoms with Gasteiger partial charge in [0.05, 0.1) is 16.9 Å². The number of nitrogens with zero attached hydrogens (tertiary/aromatic N) is 3. The summed E-state index contributed by atoms with van der Waals surface area (Å²) in [6.07, 6.45) is 5.64. The molecule has 20 heavy (non-hydrogen) atoms. The third kappa shape index (κ3) is 3.61. The first kappa shape index (κ1) is 14.6. The third-order valence-electron chi connectivity index (χ3n) is 2.23. The van der Waals surface area contributed by atoms with Gasteiger partial charge in [0.25, 0.3) is 5.91 Å². The molecule has 0 aliphatic carbocycles. The van der Waals surface area contributed by atoms with Crippen LogP contribution in [0.25, 0.3) is 0 Å². The fraction of sp³-hybridized carbons (Fsp3) is 0. The largest absolute Gasteiger partial charge is 0.507 e. The fourth-order valence-corrected chi connectivity index (χ4v) is 2.38. The summed E-state index contributed by atoms with van der Waals surface area (Å²) in [6, 6.07) is 3.19. The molecule has 2 rings (SSSR count). The molecule has 1 amide bonds. The van der Waals surface area contributed by atoms with Crippen LogP contribution in [0, 0.1) is 0 Å². The second-order valence-electron chi connectivity index (χ2n) is 3.61. The van der Waals surface area contributed by atoms with Crippen molar-refractivity contribution in [3.63, 3.8) is 0 Å². The number of carbonyl (C=O) groups excluding carboxylic acids is 1. The Morgan fingerprint density at radius 3 is 2.80 bits per heavy atom. The van der Waals surface area contributed by atoms with Crippen LogP contribution in [0.5, 0.6) is 5.75 Å². The highest BCUT2D eigenvalue weighted by atomic mass is 79.9. The topological polar surface area (TPSA) is 87.5 Å². The molecule has 102 valence electrons. The number of carbonyl (C=O) groups is 1.